The van der Waals surface area contributed by atoms with Crippen molar-refractivity contribution < 1.29 is 4.79 Å². The van der Waals surface area contributed by atoms with Crippen molar-refractivity contribution in [3.05, 3.63) is 47.5 Å². The predicted molar refractivity (Wildman–Crippen MR) is 74.6 cm³/mol. The Morgan fingerprint density at radius 2 is 2.15 bits per heavy atom. The maximum Gasteiger partial charge on any atom is 0.254 e. The molecule has 0 spiro atoms. The Morgan fingerprint density at radius 3 is 2.75 bits per heavy atom. The number of rotatable bonds is 3. The van der Waals surface area contributed by atoms with E-state index in [1.165, 1.54) is 6.33 Å². The van der Waals surface area contributed by atoms with E-state index in [1.807, 2.05) is 0 Å². The Morgan fingerprint density at radius 1 is 1.40 bits per heavy atom. The summed E-state index contributed by atoms with van der Waals surface area (Å²) in [5, 5.41) is 6.47. The number of H-pyrrole nitrogens is 1. The zero-order valence-electron chi connectivity index (χ0n) is 11.1. The molecule has 0 aliphatic rings. The van der Waals surface area contributed by atoms with Gasteiger partial charge in [-0.1, -0.05) is 11.8 Å². The van der Waals surface area contributed by atoms with Crippen molar-refractivity contribution in [2.75, 3.05) is 13.6 Å². The minimum atomic E-state index is -0.0836. The molecule has 0 atom stereocenters. The molecule has 0 radical (unpaired) electrons. The zero-order valence-corrected chi connectivity index (χ0v) is 11.1. The van der Waals surface area contributed by atoms with Gasteiger partial charge in [-0.15, -0.1) is 0 Å². The van der Waals surface area contributed by atoms with Crippen molar-refractivity contribution in [2.24, 2.45) is 5.73 Å². The van der Waals surface area contributed by atoms with Gasteiger partial charge in [-0.05, 0) is 24.3 Å². The largest absolute Gasteiger partial charge is 0.334 e. The van der Waals surface area contributed by atoms with Gasteiger partial charge in [0.05, 0.1) is 13.1 Å². The molecule has 0 saturated heterocycles. The first-order valence-electron chi connectivity index (χ1n) is 6.09. The first kappa shape index (κ1) is 13.8. The van der Waals surface area contributed by atoms with Gasteiger partial charge in [0.25, 0.3) is 5.91 Å². The molecule has 3 N–H and O–H groups in total. The van der Waals surface area contributed by atoms with Crippen LogP contribution in [0.5, 0.6) is 0 Å². The maximum absolute atomic E-state index is 12.2. The average Bonchev–Trinajstić information content (AvgIpc) is 2.97. The van der Waals surface area contributed by atoms with Crippen molar-refractivity contribution in [1.82, 2.24) is 20.1 Å². The number of aromatic amines is 1. The van der Waals surface area contributed by atoms with Gasteiger partial charge in [-0.3, -0.25) is 9.89 Å². The highest BCUT2D eigenvalue weighted by Crippen LogP contribution is 2.07. The van der Waals surface area contributed by atoms with Gasteiger partial charge in [0.2, 0.25) is 0 Å². The van der Waals surface area contributed by atoms with Crippen LogP contribution in [0.1, 0.15) is 21.7 Å². The number of hydrogen-bond donors (Lipinski definition) is 2. The van der Waals surface area contributed by atoms with Crippen LogP contribution >= 0.6 is 0 Å². The lowest BCUT2D eigenvalue weighted by molar-refractivity contribution is 0.0781. The van der Waals surface area contributed by atoms with Gasteiger partial charge >= 0.3 is 0 Å². The standard InChI is InChI=1S/C14H15N5O/c1-19(9-13-16-10-17-18-13)14(20)12-6-4-11(5-7-12)3-2-8-15/h4-7,10H,8-9,15H2,1H3,(H,16,17,18). The molecule has 1 aromatic carbocycles. The van der Waals surface area contributed by atoms with Crippen LogP contribution in [0.25, 0.3) is 0 Å². The first-order chi connectivity index (χ1) is 9.70. The Hall–Kier alpha value is -2.65. The molecule has 1 heterocycles. The van der Waals surface area contributed by atoms with Crippen LogP contribution in [-0.2, 0) is 6.54 Å². The number of aromatic nitrogens is 3. The molecule has 0 aliphatic carbocycles. The molecule has 2 rings (SSSR count). The van der Waals surface area contributed by atoms with E-state index in [0.717, 1.165) is 5.56 Å². The smallest absolute Gasteiger partial charge is 0.254 e. The second-order valence-corrected chi connectivity index (χ2v) is 4.18. The van der Waals surface area contributed by atoms with Gasteiger partial charge in [-0.2, -0.15) is 5.10 Å². The first-order valence-corrected chi connectivity index (χ1v) is 6.09. The maximum atomic E-state index is 12.2. The fraction of sp³-hybridized carbons (Fsp3) is 0.214. The Balaban J connectivity index is 2.05. The van der Waals surface area contributed by atoms with Crippen LogP contribution in [0.2, 0.25) is 0 Å². The fourth-order valence-corrected chi connectivity index (χ4v) is 1.67. The van der Waals surface area contributed by atoms with E-state index >= 15 is 0 Å². The van der Waals surface area contributed by atoms with E-state index in [-0.39, 0.29) is 5.91 Å². The summed E-state index contributed by atoms with van der Waals surface area (Å²) >= 11 is 0. The van der Waals surface area contributed by atoms with Gasteiger partial charge in [0.1, 0.15) is 12.2 Å². The van der Waals surface area contributed by atoms with Gasteiger partial charge in [-0.25, -0.2) is 4.98 Å². The Labute approximate surface area is 117 Å². The number of carbonyl (C=O) groups excluding carboxylic acids is 1. The van der Waals surface area contributed by atoms with E-state index < -0.39 is 0 Å². The van der Waals surface area contributed by atoms with Crippen LogP contribution in [0.3, 0.4) is 0 Å². The van der Waals surface area contributed by atoms with Gasteiger partial charge in [0, 0.05) is 18.2 Å². The second kappa shape index (κ2) is 6.50. The van der Waals surface area contributed by atoms with Crippen molar-refractivity contribution in [3.8, 4) is 11.8 Å². The molecule has 0 bridgehead atoms. The number of carbonyl (C=O) groups is 1. The highest BCUT2D eigenvalue weighted by molar-refractivity contribution is 5.94. The summed E-state index contributed by atoms with van der Waals surface area (Å²) < 4.78 is 0. The molecule has 0 unspecified atom stereocenters. The third kappa shape index (κ3) is 3.43. The van der Waals surface area contributed by atoms with Gasteiger partial charge in [0.15, 0.2) is 0 Å². The van der Waals surface area contributed by atoms with Crippen LogP contribution in [0.4, 0.5) is 0 Å². The van der Waals surface area contributed by atoms with Gasteiger partial charge < -0.3 is 10.6 Å². The van der Waals surface area contributed by atoms with E-state index in [2.05, 4.69) is 27.0 Å². The van der Waals surface area contributed by atoms with E-state index in [9.17, 15) is 4.79 Å². The number of benzene rings is 1. The molecule has 6 heteroatoms. The van der Waals surface area contributed by atoms with Crippen molar-refractivity contribution in [1.29, 1.82) is 0 Å². The highest BCUT2D eigenvalue weighted by atomic mass is 16.2. The summed E-state index contributed by atoms with van der Waals surface area (Å²) in [6.45, 7) is 0.703. The van der Waals surface area contributed by atoms with Crippen molar-refractivity contribution in [3.63, 3.8) is 0 Å². The molecule has 20 heavy (non-hydrogen) atoms. The SMILES string of the molecule is CN(Cc1ncn[nH]1)C(=O)c1ccc(C#CCN)cc1. The monoisotopic (exact) mass is 269 g/mol. The third-order valence-corrected chi connectivity index (χ3v) is 2.67. The Kier molecular flexibility index (Phi) is 4.47. The molecule has 1 amide bonds. The molecular weight excluding hydrogens is 254 g/mol. The summed E-state index contributed by atoms with van der Waals surface area (Å²) in [7, 11) is 1.72. The average molecular weight is 269 g/mol. The van der Waals surface area contributed by atoms with Crippen LogP contribution < -0.4 is 5.73 Å². The summed E-state index contributed by atoms with van der Waals surface area (Å²) in [5.41, 5.74) is 6.75. The fourth-order valence-electron chi connectivity index (χ4n) is 1.67. The summed E-state index contributed by atoms with van der Waals surface area (Å²) in [4.78, 5) is 17.8. The number of nitrogens with one attached hydrogen (secondary N) is 1. The normalized spacial score (nSPS) is 9.70. The summed E-state index contributed by atoms with van der Waals surface area (Å²) in [5.74, 6) is 6.24. The molecule has 2 aromatic rings. The van der Waals surface area contributed by atoms with Crippen LogP contribution in [0, 0.1) is 11.8 Å². The van der Waals surface area contributed by atoms with Crippen molar-refractivity contribution >= 4 is 5.91 Å². The number of amides is 1. The molecule has 0 fully saturated rings. The minimum absolute atomic E-state index is 0.0836. The number of nitrogens with zero attached hydrogens (tertiary/aromatic N) is 3. The lowest BCUT2D eigenvalue weighted by atomic mass is 10.1. The second-order valence-electron chi connectivity index (χ2n) is 4.18. The third-order valence-electron chi connectivity index (χ3n) is 2.67. The number of nitrogens with two attached hydrogens (primary N) is 1. The topological polar surface area (TPSA) is 87.9 Å². The highest BCUT2D eigenvalue weighted by Gasteiger charge is 2.12. The molecule has 0 aliphatic heterocycles. The zero-order chi connectivity index (χ0) is 14.4. The predicted octanol–water partition coefficient (Wildman–Crippen LogP) is 0.387. The molecule has 1 aromatic heterocycles. The van der Waals surface area contributed by atoms with E-state index in [1.54, 1.807) is 36.2 Å². The molecular formula is C14H15N5O. The van der Waals surface area contributed by atoms with Crippen LogP contribution in [-0.4, -0.2) is 39.6 Å². The summed E-state index contributed by atoms with van der Waals surface area (Å²) in [6, 6.07) is 7.11. The molecule has 102 valence electrons. The lowest BCUT2D eigenvalue weighted by Crippen LogP contribution is -2.26. The minimum Gasteiger partial charge on any atom is -0.334 e. The summed E-state index contributed by atoms with van der Waals surface area (Å²) in [6.07, 6.45) is 1.42. The van der Waals surface area contributed by atoms with E-state index in [0.29, 0.717) is 24.5 Å². The molecule has 0 saturated carbocycles. The quantitative estimate of drug-likeness (QED) is 0.789. The van der Waals surface area contributed by atoms with E-state index in [4.69, 9.17) is 5.73 Å². The molecule has 6 nitrogen and oxygen atoms in total. The van der Waals surface area contributed by atoms with Crippen LogP contribution in [0.15, 0.2) is 30.6 Å². The Bertz CT molecular complexity index is 622. The number of hydrogen-bond acceptors (Lipinski definition) is 4. The van der Waals surface area contributed by atoms with Crippen molar-refractivity contribution in [2.45, 2.75) is 6.54 Å². The lowest BCUT2D eigenvalue weighted by Gasteiger charge is -2.15.